The van der Waals surface area contributed by atoms with Gasteiger partial charge in [0.1, 0.15) is 6.04 Å². The summed E-state index contributed by atoms with van der Waals surface area (Å²) in [5.41, 5.74) is 7.34. The van der Waals surface area contributed by atoms with E-state index in [2.05, 4.69) is 24.5 Å². The van der Waals surface area contributed by atoms with E-state index >= 15 is 0 Å². The highest BCUT2D eigenvalue weighted by Gasteiger charge is 2.20. The second-order valence-electron chi connectivity index (χ2n) is 18.4. The Kier molecular flexibility index (Phi) is 34.1. The van der Waals surface area contributed by atoms with Gasteiger partial charge >= 0.3 is 0 Å². The first-order valence-electron chi connectivity index (χ1n) is 26.2. The zero-order chi connectivity index (χ0) is 45.4. The molecule has 8 nitrogen and oxygen atoms in total. The molecule has 2 rings (SSSR count). The molecule has 0 aliphatic heterocycles. The first-order valence-corrected chi connectivity index (χ1v) is 26.2. The van der Waals surface area contributed by atoms with Crippen LogP contribution in [0.3, 0.4) is 0 Å². The number of nitrogens with one attached hydrogen (secondary N) is 2. The third kappa shape index (κ3) is 29.4. The molecule has 0 saturated heterocycles. The van der Waals surface area contributed by atoms with Crippen molar-refractivity contribution in [2.45, 2.75) is 232 Å². The largest absolute Gasteiger partial charge is 0.368 e. The number of primary amides is 1. The van der Waals surface area contributed by atoms with Crippen molar-refractivity contribution in [3.05, 3.63) is 71.3 Å². The Hall–Kier alpha value is -3.68. The Morgan fingerprint density at radius 2 is 0.825 bits per heavy atom. The van der Waals surface area contributed by atoms with Crippen LogP contribution < -0.4 is 16.4 Å². The van der Waals surface area contributed by atoms with Crippen LogP contribution in [0.25, 0.3) is 0 Å². The van der Waals surface area contributed by atoms with E-state index in [0.717, 1.165) is 44.3 Å². The molecule has 0 aromatic heterocycles. The van der Waals surface area contributed by atoms with E-state index < -0.39 is 23.8 Å². The van der Waals surface area contributed by atoms with Crippen LogP contribution in [0, 0.1) is 0 Å². The Bertz CT molecular complexity index is 1400. The number of carbonyl (C=O) groups excluding carboxylic acids is 4. The Balaban J connectivity index is 1.75. The summed E-state index contributed by atoms with van der Waals surface area (Å²) in [6.07, 6.45) is 42.6. The monoisotopic (exact) mass is 873 g/mol. The molecule has 2 aromatic rings. The van der Waals surface area contributed by atoms with Gasteiger partial charge in [-0.3, -0.25) is 19.2 Å². The van der Waals surface area contributed by atoms with E-state index in [9.17, 15) is 19.2 Å². The summed E-state index contributed by atoms with van der Waals surface area (Å²) in [6, 6.07) is 15.1. The van der Waals surface area contributed by atoms with Gasteiger partial charge in [-0.2, -0.15) is 0 Å². The first kappa shape index (κ1) is 55.5. The van der Waals surface area contributed by atoms with Crippen LogP contribution in [-0.2, 0) is 16.0 Å². The van der Waals surface area contributed by atoms with Crippen LogP contribution in [0.2, 0.25) is 0 Å². The fraction of sp³-hybridized carbons (Fsp3) is 0.709. The number of nitrogens with zero attached hydrogens (tertiary/aromatic N) is 1. The van der Waals surface area contributed by atoms with E-state index in [1.165, 1.54) is 180 Å². The molecule has 0 unspecified atom stereocenters. The van der Waals surface area contributed by atoms with E-state index in [4.69, 9.17) is 5.73 Å². The van der Waals surface area contributed by atoms with E-state index in [-0.39, 0.29) is 18.9 Å². The zero-order valence-electron chi connectivity index (χ0n) is 40.4. The normalized spacial score (nSPS) is 11.7. The van der Waals surface area contributed by atoms with E-state index in [1.54, 1.807) is 24.3 Å². The molecule has 0 saturated carbocycles. The SMILES string of the molecule is CCCCCCCCCCCCCCCCCCN(CCCCCCCCCCCCCCCCCC)C(=O)c1ccc(C(=O)NCC(=O)N[C@@H](Cc2ccccc2)C(N)=O)cc1. The van der Waals surface area contributed by atoms with Gasteiger partial charge in [-0.1, -0.05) is 237 Å². The maximum Gasteiger partial charge on any atom is 0.253 e. The molecule has 4 amide bonds. The molecular weight excluding hydrogens is 781 g/mol. The number of amides is 4. The van der Waals surface area contributed by atoms with Crippen LogP contribution in [-0.4, -0.2) is 54.2 Å². The molecule has 8 heteroatoms. The quantitative estimate of drug-likeness (QED) is 0.0575. The summed E-state index contributed by atoms with van der Waals surface area (Å²) in [5.74, 6) is -1.56. The molecule has 2 aromatic carbocycles. The first-order chi connectivity index (χ1) is 30.8. The standard InChI is InChI=1S/C55H92N4O4/c1-3-5-7-9-11-13-15-17-19-21-23-25-27-29-31-36-44-59(45-37-32-30-28-26-24-22-20-18-16-14-12-10-8-6-4-2)55(63)50-42-40-49(41-43-50)54(62)57-47-52(60)58-51(53(56)61)46-48-38-34-33-35-39-48/h33-35,38-43,51H,3-32,36-37,44-47H2,1-2H3,(H2,56,61)(H,57,62)(H,58,60)/t51-/m0/s1. The summed E-state index contributed by atoms with van der Waals surface area (Å²) < 4.78 is 0. The Labute approximate surface area is 385 Å². The molecule has 1 atom stereocenters. The molecule has 0 aliphatic rings. The molecule has 4 N–H and O–H groups in total. The number of nitrogens with two attached hydrogens (primary N) is 1. The van der Waals surface area contributed by atoms with Crippen molar-refractivity contribution in [3.8, 4) is 0 Å². The number of hydrogen-bond donors (Lipinski definition) is 3. The topological polar surface area (TPSA) is 122 Å². The highest BCUT2D eigenvalue weighted by atomic mass is 16.2. The number of unbranched alkanes of at least 4 members (excludes halogenated alkanes) is 30. The predicted molar refractivity (Wildman–Crippen MR) is 265 cm³/mol. The summed E-state index contributed by atoms with van der Waals surface area (Å²) in [5, 5.41) is 5.25. The van der Waals surface area contributed by atoms with Gasteiger partial charge in [0.2, 0.25) is 11.8 Å². The fourth-order valence-corrected chi connectivity index (χ4v) is 8.54. The van der Waals surface area contributed by atoms with Crippen LogP contribution in [0.1, 0.15) is 246 Å². The summed E-state index contributed by atoms with van der Waals surface area (Å²) >= 11 is 0. The second kappa shape index (κ2) is 38.8. The summed E-state index contributed by atoms with van der Waals surface area (Å²) in [4.78, 5) is 53.5. The number of benzene rings is 2. The van der Waals surface area contributed by atoms with Crippen LogP contribution in [0.15, 0.2) is 54.6 Å². The molecule has 0 spiro atoms. The highest BCUT2D eigenvalue weighted by molar-refractivity contribution is 5.99. The third-order valence-corrected chi connectivity index (χ3v) is 12.6. The van der Waals surface area contributed by atoms with E-state index in [1.807, 2.05) is 35.2 Å². The van der Waals surface area contributed by atoms with Crippen molar-refractivity contribution < 1.29 is 19.2 Å². The van der Waals surface area contributed by atoms with E-state index in [0.29, 0.717) is 11.1 Å². The number of rotatable bonds is 42. The summed E-state index contributed by atoms with van der Waals surface area (Å²) in [7, 11) is 0. The van der Waals surface area contributed by atoms with Crippen molar-refractivity contribution in [1.29, 1.82) is 0 Å². The van der Waals surface area contributed by atoms with Crippen molar-refractivity contribution >= 4 is 23.6 Å². The molecule has 0 aliphatic carbocycles. The minimum absolute atomic E-state index is 0.0131. The minimum atomic E-state index is -0.886. The molecule has 0 bridgehead atoms. The number of hydrogen-bond acceptors (Lipinski definition) is 4. The van der Waals surface area contributed by atoms with Gasteiger partial charge in [-0.25, -0.2) is 0 Å². The van der Waals surface area contributed by atoms with Gasteiger partial charge in [-0.15, -0.1) is 0 Å². The molecule has 0 heterocycles. The Morgan fingerprint density at radius 1 is 0.476 bits per heavy atom. The van der Waals surface area contributed by atoms with Crippen LogP contribution in [0.5, 0.6) is 0 Å². The number of carbonyl (C=O) groups is 4. The molecular formula is C55H92N4O4. The van der Waals surface area contributed by atoms with Crippen molar-refractivity contribution in [3.63, 3.8) is 0 Å². The maximum absolute atomic E-state index is 13.8. The van der Waals surface area contributed by atoms with Crippen LogP contribution >= 0.6 is 0 Å². The van der Waals surface area contributed by atoms with Crippen molar-refractivity contribution in [2.24, 2.45) is 5.73 Å². The molecule has 63 heavy (non-hydrogen) atoms. The minimum Gasteiger partial charge on any atom is -0.368 e. The average Bonchev–Trinajstić information content (AvgIpc) is 3.29. The lowest BCUT2D eigenvalue weighted by Gasteiger charge is -2.23. The average molecular weight is 873 g/mol. The lowest BCUT2D eigenvalue weighted by molar-refractivity contribution is -0.126. The molecule has 356 valence electrons. The van der Waals surface area contributed by atoms with Gasteiger partial charge in [0.15, 0.2) is 0 Å². The predicted octanol–water partition coefficient (Wildman–Crippen LogP) is 13.6. The van der Waals surface area contributed by atoms with Gasteiger partial charge in [0, 0.05) is 30.6 Å². The van der Waals surface area contributed by atoms with Gasteiger partial charge in [-0.05, 0) is 42.7 Å². The third-order valence-electron chi connectivity index (χ3n) is 12.6. The smallest absolute Gasteiger partial charge is 0.253 e. The fourth-order valence-electron chi connectivity index (χ4n) is 8.54. The van der Waals surface area contributed by atoms with Crippen LogP contribution in [0.4, 0.5) is 0 Å². The maximum atomic E-state index is 13.8. The summed E-state index contributed by atoms with van der Waals surface area (Å²) in [6.45, 7) is 5.77. The van der Waals surface area contributed by atoms with Crippen molar-refractivity contribution in [2.75, 3.05) is 19.6 Å². The zero-order valence-corrected chi connectivity index (χ0v) is 40.4. The van der Waals surface area contributed by atoms with Gasteiger partial charge in [0.25, 0.3) is 11.8 Å². The Morgan fingerprint density at radius 3 is 1.19 bits per heavy atom. The van der Waals surface area contributed by atoms with Gasteiger partial charge in [0.05, 0.1) is 6.54 Å². The lowest BCUT2D eigenvalue weighted by Crippen LogP contribution is -2.49. The van der Waals surface area contributed by atoms with Gasteiger partial charge < -0.3 is 21.3 Å². The van der Waals surface area contributed by atoms with Crippen molar-refractivity contribution in [1.82, 2.24) is 15.5 Å². The molecule has 0 radical (unpaired) electrons. The lowest BCUT2D eigenvalue weighted by atomic mass is 10.0. The second-order valence-corrected chi connectivity index (χ2v) is 18.4. The molecule has 0 fully saturated rings. The highest BCUT2D eigenvalue weighted by Crippen LogP contribution is 2.17.